The molecule has 0 aromatic carbocycles. The molecule has 2 N–H and O–H groups in total. The second kappa shape index (κ2) is 6.49. The molecular formula is C17H30O4. The van der Waals surface area contributed by atoms with Crippen molar-refractivity contribution in [1.29, 1.82) is 0 Å². The van der Waals surface area contributed by atoms with E-state index in [0.29, 0.717) is 6.42 Å². The number of rotatable bonds is 6. The first-order chi connectivity index (χ1) is 9.50. The standard InChI is InChI=1S/C17H30O4/c1-11(9-12(2)15(19)20)10-13(3)16(5)7-8-17(6,21-16)14(4)18/h10-12,14,18H,7-9H2,1-6H3,(H,19,20). The van der Waals surface area contributed by atoms with E-state index in [4.69, 9.17) is 9.84 Å². The fourth-order valence-corrected chi connectivity index (χ4v) is 3.00. The minimum atomic E-state index is -0.752. The third kappa shape index (κ3) is 4.30. The van der Waals surface area contributed by atoms with Crippen LogP contribution >= 0.6 is 0 Å². The highest BCUT2D eigenvalue weighted by atomic mass is 16.5. The van der Waals surface area contributed by atoms with Gasteiger partial charge in [-0.2, -0.15) is 0 Å². The van der Waals surface area contributed by atoms with Crippen molar-refractivity contribution >= 4 is 5.97 Å². The van der Waals surface area contributed by atoms with Crippen molar-refractivity contribution in [2.75, 3.05) is 0 Å². The molecule has 4 nitrogen and oxygen atoms in total. The molecule has 122 valence electrons. The summed E-state index contributed by atoms with van der Waals surface area (Å²) in [4.78, 5) is 10.9. The molecule has 0 spiro atoms. The van der Waals surface area contributed by atoms with Crippen molar-refractivity contribution < 1.29 is 19.7 Å². The Balaban J connectivity index is 2.76. The quantitative estimate of drug-likeness (QED) is 0.738. The predicted molar refractivity (Wildman–Crippen MR) is 83.1 cm³/mol. The number of ether oxygens (including phenoxy) is 1. The number of aliphatic carboxylic acids is 1. The second-order valence-corrected chi connectivity index (χ2v) is 7.12. The summed E-state index contributed by atoms with van der Waals surface area (Å²) >= 11 is 0. The Morgan fingerprint density at radius 1 is 1.29 bits per heavy atom. The predicted octanol–water partition coefficient (Wildman–Crippen LogP) is 3.39. The molecule has 0 amide bonds. The van der Waals surface area contributed by atoms with Crippen LogP contribution in [-0.4, -0.2) is 33.5 Å². The third-order valence-corrected chi connectivity index (χ3v) is 4.96. The monoisotopic (exact) mass is 298 g/mol. The molecular weight excluding hydrogens is 268 g/mol. The Hall–Kier alpha value is -0.870. The van der Waals surface area contributed by atoms with Crippen molar-refractivity contribution in [2.45, 2.75) is 78.1 Å². The SMILES string of the molecule is CC(=CC(C)CC(C)C(=O)O)C1(C)CCC(C)(C(C)O)O1. The summed E-state index contributed by atoms with van der Waals surface area (Å²) in [6, 6.07) is 0. The minimum absolute atomic E-state index is 0.190. The van der Waals surface area contributed by atoms with E-state index in [-0.39, 0.29) is 17.4 Å². The Morgan fingerprint density at radius 3 is 2.29 bits per heavy atom. The van der Waals surface area contributed by atoms with E-state index >= 15 is 0 Å². The molecule has 5 atom stereocenters. The van der Waals surface area contributed by atoms with Gasteiger partial charge in [-0.1, -0.05) is 19.9 Å². The van der Waals surface area contributed by atoms with Gasteiger partial charge >= 0.3 is 5.97 Å². The van der Waals surface area contributed by atoms with Crippen LogP contribution in [0.2, 0.25) is 0 Å². The zero-order valence-corrected chi connectivity index (χ0v) is 14.1. The molecule has 0 aliphatic carbocycles. The first kappa shape index (κ1) is 18.2. The summed E-state index contributed by atoms with van der Waals surface area (Å²) in [6.45, 7) is 11.6. The van der Waals surface area contributed by atoms with Crippen LogP contribution in [0.1, 0.15) is 60.8 Å². The summed E-state index contributed by atoms with van der Waals surface area (Å²) < 4.78 is 6.18. The zero-order valence-electron chi connectivity index (χ0n) is 14.1. The fourth-order valence-electron chi connectivity index (χ4n) is 3.00. The Labute approximate surface area is 128 Å². The molecule has 1 heterocycles. The Kier molecular flexibility index (Phi) is 5.62. The molecule has 0 aromatic heterocycles. The maximum Gasteiger partial charge on any atom is 0.306 e. The normalized spacial score (nSPS) is 34.5. The molecule has 1 aliphatic heterocycles. The minimum Gasteiger partial charge on any atom is -0.481 e. The van der Waals surface area contributed by atoms with Crippen molar-refractivity contribution in [3.63, 3.8) is 0 Å². The molecule has 0 saturated carbocycles. The Morgan fingerprint density at radius 2 is 1.86 bits per heavy atom. The number of allylic oxidation sites excluding steroid dienone is 1. The van der Waals surface area contributed by atoms with Crippen molar-refractivity contribution in [3.05, 3.63) is 11.6 Å². The van der Waals surface area contributed by atoms with Crippen LogP contribution < -0.4 is 0 Å². The average molecular weight is 298 g/mol. The van der Waals surface area contributed by atoms with Crippen LogP contribution in [0.5, 0.6) is 0 Å². The highest BCUT2D eigenvalue weighted by Crippen LogP contribution is 2.43. The highest BCUT2D eigenvalue weighted by molar-refractivity contribution is 5.69. The van der Waals surface area contributed by atoms with Gasteiger partial charge in [-0.05, 0) is 58.4 Å². The molecule has 4 heteroatoms. The van der Waals surface area contributed by atoms with Gasteiger partial charge in [0.2, 0.25) is 0 Å². The molecule has 1 fully saturated rings. The number of hydrogen-bond donors (Lipinski definition) is 2. The van der Waals surface area contributed by atoms with Crippen LogP contribution in [0.25, 0.3) is 0 Å². The van der Waals surface area contributed by atoms with Gasteiger partial charge in [0.05, 0.1) is 23.2 Å². The van der Waals surface area contributed by atoms with E-state index in [1.807, 2.05) is 20.8 Å². The van der Waals surface area contributed by atoms with E-state index in [2.05, 4.69) is 13.0 Å². The lowest BCUT2D eigenvalue weighted by Gasteiger charge is -2.33. The maximum absolute atomic E-state index is 10.9. The van der Waals surface area contributed by atoms with E-state index in [1.165, 1.54) is 0 Å². The summed E-state index contributed by atoms with van der Waals surface area (Å²) in [5, 5.41) is 18.9. The lowest BCUT2D eigenvalue weighted by molar-refractivity contribution is -0.141. The number of aliphatic hydroxyl groups excluding tert-OH is 1. The molecule has 1 aliphatic rings. The summed E-state index contributed by atoms with van der Waals surface area (Å²) in [5.41, 5.74) is 0.255. The topological polar surface area (TPSA) is 66.8 Å². The fraction of sp³-hybridized carbons (Fsp3) is 0.824. The van der Waals surface area contributed by atoms with Gasteiger partial charge in [-0.3, -0.25) is 4.79 Å². The smallest absolute Gasteiger partial charge is 0.306 e. The number of carboxylic acid groups (broad SMARTS) is 1. The third-order valence-electron chi connectivity index (χ3n) is 4.96. The average Bonchev–Trinajstić information content (AvgIpc) is 2.68. The zero-order chi connectivity index (χ0) is 16.4. The van der Waals surface area contributed by atoms with Gasteiger partial charge in [0.25, 0.3) is 0 Å². The molecule has 1 rings (SSSR count). The molecule has 21 heavy (non-hydrogen) atoms. The summed E-state index contributed by atoms with van der Waals surface area (Å²) in [6.07, 6.45) is 3.94. The van der Waals surface area contributed by atoms with Gasteiger partial charge in [0.15, 0.2) is 0 Å². The van der Waals surface area contributed by atoms with Gasteiger partial charge in [-0.15, -0.1) is 0 Å². The maximum atomic E-state index is 10.9. The number of carbonyl (C=O) groups is 1. The first-order valence-electron chi connectivity index (χ1n) is 7.80. The van der Waals surface area contributed by atoms with Crippen LogP contribution in [0.15, 0.2) is 11.6 Å². The molecule has 0 bridgehead atoms. The lowest BCUT2D eigenvalue weighted by Crippen LogP contribution is -2.40. The van der Waals surface area contributed by atoms with Gasteiger partial charge in [-0.25, -0.2) is 0 Å². The Bertz CT molecular complexity index is 415. The molecule has 1 saturated heterocycles. The van der Waals surface area contributed by atoms with Gasteiger partial charge in [0, 0.05) is 0 Å². The van der Waals surface area contributed by atoms with E-state index in [1.54, 1.807) is 13.8 Å². The van der Waals surface area contributed by atoms with Crippen molar-refractivity contribution in [3.8, 4) is 0 Å². The number of carboxylic acids is 1. The van der Waals surface area contributed by atoms with Crippen LogP contribution in [-0.2, 0) is 9.53 Å². The molecule has 5 unspecified atom stereocenters. The molecule has 0 radical (unpaired) electrons. The highest BCUT2D eigenvalue weighted by Gasteiger charge is 2.47. The van der Waals surface area contributed by atoms with E-state index in [9.17, 15) is 9.90 Å². The van der Waals surface area contributed by atoms with Gasteiger partial charge < -0.3 is 14.9 Å². The van der Waals surface area contributed by atoms with Crippen LogP contribution in [0.3, 0.4) is 0 Å². The first-order valence-corrected chi connectivity index (χ1v) is 7.80. The second-order valence-electron chi connectivity index (χ2n) is 7.12. The number of aliphatic hydroxyl groups is 1. The van der Waals surface area contributed by atoms with Gasteiger partial charge in [0.1, 0.15) is 0 Å². The van der Waals surface area contributed by atoms with Crippen molar-refractivity contribution in [2.24, 2.45) is 11.8 Å². The number of hydrogen-bond acceptors (Lipinski definition) is 3. The lowest BCUT2D eigenvalue weighted by atomic mass is 9.87. The summed E-state index contributed by atoms with van der Waals surface area (Å²) in [7, 11) is 0. The summed E-state index contributed by atoms with van der Waals surface area (Å²) in [5.74, 6) is -0.906. The molecule has 0 aromatic rings. The van der Waals surface area contributed by atoms with Crippen molar-refractivity contribution in [1.82, 2.24) is 0 Å². The largest absolute Gasteiger partial charge is 0.481 e. The van der Waals surface area contributed by atoms with E-state index < -0.39 is 17.7 Å². The van der Waals surface area contributed by atoms with Crippen LogP contribution in [0, 0.1) is 11.8 Å². The van der Waals surface area contributed by atoms with E-state index in [0.717, 1.165) is 18.4 Å². The van der Waals surface area contributed by atoms with Crippen LogP contribution in [0.4, 0.5) is 0 Å².